The summed E-state index contributed by atoms with van der Waals surface area (Å²) in [4.78, 5) is 24.2. The SMILES string of the molecule is COC(=O)c1ccc(C)c(NC(=O)c2ccc(C3SCCS3)cc2)c1. The van der Waals surface area contributed by atoms with Gasteiger partial charge in [-0.15, -0.1) is 23.5 Å². The van der Waals surface area contributed by atoms with Crippen LogP contribution < -0.4 is 5.32 Å². The average molecular weight is 373 g/mol. The number of carbonyl (C=O) groups is 2. The van der Waals surface area contributed by atoms with Gasteiger partial charge in [0.05, 0.1) is 17.3 Å². The Morgan fingerprint density at radius 3 is 2.32 bits per heavy atom. The van der Waals surface area contributed by atoms with E-state index >= 15 is 0 Å². The van der Waals surface area contributed by atoms with Gasteiger partial charge in [0, 0.05) is 22.8 Å². The standard InChI is InChI=1S/C19H19NO3S2/c1-12-3-4-15(18(22)23-2)11-16(12)20-17(21)13-5-7-14(8-6-13)19-24-9-10-25-19/h3-8,11,19H,9-10H2,1-2H3,(H,20,21). The molecule has 0 unspecified atom stereocenters. The second-order valence-electron chi connectivity index (χ2n) is 5.67. The summed E-state index contributed by atoms with van der Waals surface area (Å²) in [6.45, 7) is 1.88. The first kappa shape index (κ1) is 17.9. The molecule has 4 nitrogen and oxygen atoms in total. The largest absolute Gasteiger partial charge is 0.465 e. The highest BCUT2D eigenvalue weighted by Crippen LogP contribution is 2.45. The highest BCUT2D eigenvalue weighted by molar-refractivity contribution is 8.19. The van der Waals surface area contributed by atoms with E-state index in [0.717, 1.165) is 5.56 Å². The monoisotopic (exact) mass is 373 g/mol. The normalized spacial score (nSPS) is 14.3. The lowest BCUT2D eigenvalue weighted by molar-refractivity contribution is 0.0600. The third-order valence-corrected chi connectivity index (χ3v) is 7.08. The summed E-state index contributed by atoms with van der Waals surface area (Å²) < 4.78 is 5.20. The fourth-order valence-electron chi connectivity index (χ4n) is 2.54. The quantitative estimate of drug-likeness (QED) is 0.799. The van der Waals surface area contributed by atoms with Gasteiger partial charge in [-0.05, 0) is 42.3 Å². The molecule has 130 valence electrons. The molecule has 1 amide bonds. The molecule has 0 radical (unpaired) electrons. The maximum absolute atomic E-state index is 12.5. The number of methoxy groups -OCH3 is 1. The van der Waals surface area contributed by atoms with Crippen molar-refractivity contribution in [3.05, 3.63) is 64.7 Å². The number of hydrogen-bond acceptors (Lipinski definition) is 5. The minimum Gasteiger partial charge on any atom is -0.465 e. The van der Waals surface area contributed by atoms with Crippen molar-refractivity contribution in [1.82, 2.24) is 0 Å². The third kappa shape index (κ3) is 4.19. The molecular formula is C19H19NO3S2. The molecule has 1 aliphatic rings. The Balaban J connectivity index is 1.74. The van der Waals surface area contributed by atoms with Gasteiger partial charge in [-0.1, -0.05) is 18.2 Å². The zero-order valence-electron chi connectivity index (χ0n) is 14.1. The van der Waals surface area contributed by atoms with Gasteiger partial charge in [-0.2, -0.15) is 0 Å². The van der Waals surface area contributed by atoms with Crippen molar-refractivity contribution < 1.29 is 14.3 Å². The maximum Gasteiger partial charge on any atom is 0.337 e. The van der Waals surface area contributed by atoms with Gasteiger partial charge in [0.15, 0.2) is 0 Å². The van der Waals surface area contributed by atoms with Crippen molar-refractivity contribution in [2.75, 3.05) is 23.9 Å². The summed E-state index contributed by atoms with van der Waals surface area (Å²) in [5, 5.41) is 2.88. The molecule has 0 atom stereocenters. The topological polar surface area (TPSA) is 55.4 Å². The number of thioether (sulfide) groups is 2. The number of hydrogen-bond donors (Lipinski definition) is 1. The number of benzene rings is 2. The van der Waals surface area contributed by atoms with Crippen LogP contribution in [0.15, 0.2) is 42.5 Å². The summed E-state index contributed by atoms with van der Waals surface area (Å²) in [5.74, 6) is 1.73. The summed E-state index contributed by atoms with van der Waals surface area (Å²) >= 11 is 3.88. The molecule has 1 N–H and O–H groups in total. The van der Waals surface area contributed by atoms with Crippen LogP contribution in [0.1, 0.15) is 36.4 Å². The van der Waals surface area contributed by atoms with Gasteiger partial charge in [0.2, 0.25) is 0 Å². The van der Waals surface area contributed by atoms with Crippen LogP contribution in [-0.2, 0) is 4.74 Å². The number of esters is 1. The number of ether oxygens (including phenoxy) is 1. The van der Waals surface area contributed by atoms with E-state index in [0.29, 0.717) is 21.4 Å². The highest BCUT2D eigenvalue weighted by Gasteiger charge is 2.18. The summed E-state index contributed by atoms with van der Waals surface area (Å²) in [7, 11) is 1.34. The molecule has 1 heterocycles. The predicted octanol–water partition coefficient (Wildman–Crippen LogP) is 4.51. The average Bonchev–Trinajstić information content (AvgIpc) is 3.17. The molecule has 0 saturated carbocycles. The fourth-order valence-corrected chi connectivity index (χ4v) is 5.40. The van der Waals surface area contributed by atoms with Crippen LogP contribution in [0.5, 0.6) is 0 Å². The zero-order valence-corrected chi connectivity index (χ0v) is 15.7. The van der Waals surface area contributed by atoms with E-state index in [9.17, 15) is 9.59 Å². The lowest BCUT2D eigenvalue weighted by Crippen LogP contribution is -2.13. The summed E-state index contributed by atoms with van der Waals surface area (Å²) in [6.07, 6.45) is 0. The van der Waals surface area contributed by atoms with Crippen molar-refractivity contribution in [1.29, 1.82) is 0 Å². The Morgan fingerprint density at radius 1 is 1.04 bits per heavy atom. The molecule has 3 rings (SSSR count). The zero-order chi connectivity index (χ0) is 17.8. The van der Waals surface area contributed by atoms with Gasteiger partial charge in [-0.3, -0.25) is 4.79 Å². The maximum atomic E-state index is 12.5. The third-order valence-electron chi connectivity index (χ3n) is 3.97. The van der Waals surface area contributed by atoms with Crippen LogP contribution in [0.25, 0.3) is 0 Å². The van der Waals surface area contributed by atoms with E-state index in [-0.39, 0.29) is 5.91 Å². The first-order valence-electron chi connectivity index (χ1n) is 7.92. The van der Waals surface area contributed by atoms with Crippen LogP contribution in [0.2, 0.25) is 0 Å². The molecular weight excluding hydrogens is 354 g/mol. The second kappa shape index (κ2) is 7.97. The van der Waals surface area contributed by atoms with Crippen molar-refractivity contribution >= 4 is 41.1 Å². The molecule has 2 aromatic carbocycles. The Morgan fingerprint density at radius 2 is 1.68 bits per heavy atom. The molecule has 6 heteroatoms. The van der Waals surface area contributed by atoms with Crippen LogP contribution in [0, 0.1) is 6.92 Å². The number of rotatable bonds is 4. The minimum absolute atomic E-state index is 0.191. The lowest BCUT2D eigenvalue weighted by atomic mass is 10.1. The Labute approximate surface area is 155 Å². The van der Waals surface area contributed by atoms with Gasteiger partial charge in [0.25, 0.3) is 5.91 Å². The molecule has 0 aromatic heterocycles. The predicted molar refractivity (Wildman–Crippen MR) is 105 cm³/mol. The fraction of sp³-hybridized carbons (Fsp3) is 0.263. The molecule has 1 saturated heterocycles. The molecule has 1 fully saturated rings. The van der Waals surface area contributed by atoms with Crippen molar-refractivity contribution in [2.45, 2.75) is 11.5 Å². The van der Waals surface area contributed by atoms with E-state index in [4.69, 9.17) is 4.74 Å². The van der Waals surface area contributed by atoms with Crippen LogP contribution in [-0.4, -0.2) is 30.5 Å². The first-order chi connectivity index (χ1) is 12.1. The van der Waals surface area contributed by atoms with E-state index in [1.807, 2.05) is 54.7 Å². The molecule has 0 bridgehead atoms. The van der Waals surface area contributed by atoms with E-state index in [1.165, 1.54) is 24.2 Å². The molecule has 1 aliphatic heterocycles. The molecule has 0 spiro atoms. The molecule has 25 heavy (non-hydrogen) atoms. The van der Waals surface area contributed by atoms with Gasteiger partial charge >= 0.3 is 5.97 Å². The number of nitrogens with one attached hydrogen (secondary N) is 1. The summed E-state index contributed by atoms with van der Waals surface area (Å²) in [6, 6.07) is 12.8. The minimum atomic E-state index is -0.425. The number of anilines is 1. The van der Waals surface area contributed by atoms with Crippen LogP contribution >= 0.6 is 23.5 Å². The number of aryl methyl sites for hydroxylation is 1. The van der Waals surface area contributed by atoms with Crippen molar-refractivity contribution in [3.8, 4) is 0 Å². The van der Waals surface area contributed by atoms with Crippen LogP contribution in [0.4, 0.5) is 5.69 Å². The van der Waals surface area contributed by atoms with E-state index in [2.05, 4.69) is 5.32 Å². The Hall–Kier alpha value is -1.92. The van der Waals surface area contributed by atoms with Crippen molar-refractivity contribution in [2.24, 2.45) is 0 Å². The Bertz CT molecular complexity index is 784. The molecule has 2 aromatic rings. The van der Waals surface area contributed by atoms with Gasteiger partial charge < -0.3 is 10.1 Å². The number of amides is 1. The van der Waals surface area contributed by atoms with E-state index in [1.54, 1.807) is 18.2 Å². The van der Waals surface area contributed by atoms with Crippen LogP contribution in [0.3, 0.4) is 0 Å². The lowest BCUT2D eigenvalue weighted by Gasteiger charge is -2.11. The van der Waals surface area contributed by atoms with Gasteiger partial charge in [-0.25, -0.2) is 4.79 Å². The molecule has 0 aliphatic carbocycles. The smallest absolute Gasteiger partial charge is 0.337 e. The first-order valence-corrected chi connectivity index (χ1v) is 10.0. The Kier molecular flexibility index (Phi) is 5.71. The highest BCUT2D eigenvalue weighted by atomic mass is 32.2. The number of carbonyl (C=O) groups excluding carboxylic acids is 2. The van der Waals surface area contributed by atoms with Gasteiger partial charge in [0.1, 0.15) is 0 Å². The second-order valence-corrected chi connectivity index (χ2v) is 8.40. The van der Waals surface area contributed by atoms with Crippen molar-refractivity contribution in [3.63, 3.8) is 0 Å². The van der Waals surface area contributed by atoms with E-state index < -0.39 is 5.97 Å². The summed E-state index contributed by atoms with van der Waals surface area (Å²) in [5.41, 5.74) is 3.75.